The van der Waals surface area contributed by atoms with E-state index in [1.54, 1.807) is 11.6 Å². The van der Waals surface area contributed by atoms with Crippen molar-refractivity contribution in [2.75, 3.05) is 31.2 Å². The number of alkyl halides is 3. The monoisotopic (exact) mass is 652 g/mol. The van der Waals surface area contributed by atoms with Gasteiger partial charge in [-0.05, 0) is 68.5 Å². The number of nitriles is 1. The van der Waals surface area contributed by atoms with Crippen LogP contribution in [0.3, 0.4) is 0 Å². The Morgan fingerprint density at radius 1 is 1.11 bits per heavy atom. The number of hydrogen-bond acceptors (Lipinski definition) is 6. The number of carbonyl (C=O) groups excluding carboxylic acids is 3. The van der Waals surface area contributed by atoms with Crippen LogP contribution in [0.2, 0.25) is 0 Å². The van der Waals surface area contributed by atoms with E-state index in [9.17, 15) is 37.2 Å². The van der Waals surface area contributed by atoms with Gasteiger partial charge < -0.3 is 15.0 Å². The molecule has 2 fully saturated rings. The molecular formula is C33H32F4N6O4. The summed E-state index contributed by atoms with van der Waals surface area (Å²) in [5.74, 6) is -3.31. The molecular weight excluding hydrogens is 620 g/mol. The summed E-state index contributed by atoms with van der Waals surface area (Å²) in [6, 6.07) is 9.36. The summed E-state index contributed by atoms with van der Waals surface area (Å²) in [6.45, 7) is 2.52. The van der Waals surface area contributed by atoms with Gasteiger partial charge in [-0.2, -0.15) is 23.5 Å². The van der Waals surface area contributed by atoms with Gasteiger partial charge >= 0.3 is 6.18 Å². The molecule has 2 aromatic carbocycles. The zero-order valence-electron chi connectivity index (χ0n) is 25.5. The van der Waals surface area contributed by atoms with Crippen LogP contribution in [0.15, 0.2) is 48.5 Å². The third-order valence-corrected chi connectivity index (χ3v) is 8.87. The molecule has 246 valence electrons. The van der Waals surface area contributed by atoms with Crippen LogP contribution in [-0.2, 0) is 15.7 Å². The SMILES string of the molecule is CCN1C(=O)[C@H](NC(=O)c2cccc(C(F)(F)F)c2)[C@H](c2ccc(F)cc2)c2c(C(=O)N(CC#N)C3CC3)nn(C3CCOCC3)c21. The highest BCUT2D eigenvalue weighted by atomic mass is 19.4. The molecule has 1 aliphatic carbocycles. The number of anilines is 1. The summed E-state index contributed by atoms with van der Waals surface area (Å²) in [7, 11) is 0. The van der Waals surface area contributed by atoms with Crippen molar-refractivity contribution in [3.05, 3.63) is 82.3 Å². The lowest BCUT2D eigenvalue weighted by atomic mass is 9.80. The maximum absolute atomic E-state index is 14.4. The van der Waals surface area contributed by atoms with Gasteiger partial charge in [0.2, 0.25) is 0 Å². The lowest BCUT2D eigenvalue weighted by Crippen LogP contribution is -2.56. The van der Waals surface area contributed by atoms with Crippen molar-refractivity contribution in [2.24, 2.45) is 0 Å². The third-order valence-electron chi connectivity index (χ3n) is 8.87. The van der Waals surface area contributed by atoms with Crippen molar-refractivity contribution in [1.29, 1.82) is 5.26 Å². The molecule has 3 aliphatic rings. The Bertz CT molecular complexity index is 1720. The molecule has 3 heterocycles. The number of nitrogens with zero attached hydrogens (tertiary/aromatic N) is 5. The molecule has 14 heteroatoms. The van der Waals surface area contributed by atoms with E-state index in [0.717, 1.165) is 12.1 Å². The second-order valence-corrected chi connectivity index (χ2v) is 11.8. The lowest BCUT2D eigenvalue weighted by Gasteiger charge is -2.39. The topological polar surface area (TPSA) is 121 Å². The molecule has 0 bridgehead atoms. The van der Waals surface area contributed by atoms with E-state index < -0.39 is 47.2 Å². The van der Waals surface area contributed by atoms with Crippen molar-refractivity contribution in [3.8, 4) is 6.07 Å². The molecule has 3 amide bonds. The Hall–Kier alpha value is -4.77. The maximum atomic E-state index is 14.4. The summed E-state index contributed by atoms with van der Waals surface area (Å²) >= 11 is 0. The van der Waals surface area contributed by atoms with Gasteiger partial charge in [-0.3, -0.25) is 19.3 Å². The van der Waals surface area contributed by atoms with Crippen LogP contribution in [0, 0.1) is 17.1 Å². The van der Waals surface area contributed by atoms with Crippen molar-refractivity contribution in [3.63, 3.8) is 0 Å². The maximum Gasteiger partial charge on any atom is 0.416 e. The molecule has 1 saturated carbocycles. The second kappa shape index (κ2) is 12.8. The Kier molecular flexibility index (Phi) is 8.76. The van der Waals surface area contributed by atoms with Gasteiger partial charge in [0.15, 0.2) is 5.69 Å². The van der Waals surface area contributed by atoms with E-state index >= 15 is 0 Å². The Morgan fingerprint density at radius 2 is 1.81 bits per heavy atom. The van der Waals surface area contributed by atoms with Gasteiger partial charge in [0.1, 0.15) is 24.2 Å². The molecule has 2 aliphatic heterocycles. The van der Waals surface area contributed by atoms with Crippen molar-refractivity contribution < 1.29 is 36.7 Å². The zero-order chi connectivity index (χ0) is 33.5. The first kappa shape index (κ1) is 32.2. The van der Waals surface area contributed by atoms with Crippen molar-refractivity contribution in [2.45, 2.75) is 62.8 Å². The molecule has 10 nitrogen and oxygen atoms in total. The fourth-order valence-electron chi connectivity index (χ4n) is 6.42. The molecule has 3 aromatic rings. The Morgan fingerprint density at radius 3 is 2.43 bits per heavy atom. The number of hydrogen-bond donors (Lipinski definition) is 1. The average molecular weight is 653 g/mol. The number of rotatable bonds is 8. The molecule has 0 unspecified atom stereocenters. The quantitative estimate of drug-likeness (QED) is 0.275. The smallest absolute Gasteiger partial charge is 0.381 e. The van der Waals surface area contributed by atoms with Gasteiger partial charge in [-0.1, -0.05) is 18.2 Å². The Labute approximate surface area is 267 Å². The summed E-state index contributed by atoms with van der Waals surface area (Å²) in [5.41, 5.74) is -0.664. The number of ether oxygens (including phenoxy) is 1. The van der Waals surface area contributed by atoms with Crippen LogP contribution in [0.4, 0.5) is 23.4 Å². The molecule has 6 rings (SSSR count). The highest BCUT2D eigenvalue weighted by Gasteiger charge is 2.49. The van der Waals surface area contributed by atoms with Gasteiger partial charge in [0, 0.05) is 42.8 Å². The van der Waals surface area contributed by atoms with Crippen LogP contribution in [-0.4, -0.2) is 70.8 Å². The van der Waals surface area contributed by atoms with Crippen LogP contribution in [0.1, 0.15) is 82.1 Å². The van der Waals surface area contributed by atoms with Crippen LogP contribution >= 0.6 is 0 Å². The average Bonchev–Trinajstić information content (AvgIpc) is 3.84. The summed E-state index contributed by atoms with van der Waals surface area (Å²) in [4.78, 5) is 45.1. The lowest BCUT2D eigenvalue weighted by molar-refractivity contribution is -0.137. The summed E-state index contributed by atoms with van der Waals surface area (Å²) in [5, 5.41) is 17.0. The van der Waals surface area contributed by atoms with E-state index in [1.807, 2.05) is 6.07 Å². The fraction of sp³-hybridized carbons (Fsp3) is 0.424. The van der Waals surface area contributed by atoms with Gasteiger partial charge in [0.25, 0.3) is 17.7 Å². The molecule has 0 spiro atoms. The van der Waals surface area contributed by atoms with Crippen LogP contribution < -0.4 is 10.2 Å². The van der Waals surface area contributed by atoms with E-state index in [0.29, 0.717) is 61.9 Å². The minimum absolute atomic E-state index is 0.00719. The number of carbonyl (C=O) groups is 3. The highest BCUT2D eigenvalue weighted by molar-refractivity contribution is 6.07. The molecule has 1 saturated heterocycles. The largest absolute Gasteiger partial charge is 0.416 e. The molecule has 1 N–H and O–H groups in total. The predicted molar refractivity (Wildman–Crippen MR) is 160 cm³/mol. The van der Waals surface area contributed by atoms with E-state index in [-0.39, 0.29) is 36.4 Å². The number of fused-ring (bicyclic) bond motifs is 1. The molecule has 47 heavy (non-hydrogen) atoms. The number of aromatic nitrogens is 2. The highest BCUT2D eigenvalue weighted by Crippen LogP contribution is 2.45. The zero-order valence-corrected chi connectivity index (χ0v) is 25.5. The molecule has 0 radical (unpaired) electrons. The first-order valence-corrected chi connectivity index (χ1v) is 15.5. The minimum atomic E-state index is -4.70. The van der Waals surface area contributed by atoms with E-state index in [1.165, 1.54) is 40.1 Å². The van der Waals surface area contributed by atoms with E-state index in [2.05, 4.69) is 5.32 Å². The predicted octanol–water partition coefficient (Wildman–Crippen LogP) is 4.82. The first-order chi connectivity index (χ1) is 22.5. The standard InChI is InChI=1S/C33H32F4N6O4/c1-2-41-30-26(28(32(46)42(15-14-38)23-10-11-23)40-43(30)24-12-16-47-17-13-24)25(19-6-8-22(34)9-7-19)27(31(41)45)39-29(44)20-4-3-5-21(18-20)33(35,36)37/h3-9,18,23-25,27H,2,10-13,15-17H2,1H3,(H,39,44)/t25-,27-/m1/s1. The number of likely N-dealkylation sites (N-methyl/N-ethyl adjacent to an activating group) is 1. The van der Waals surface area contributed by atoms with Crippen LogP contribution in [0.5, 0.6) is 0 Å². The summed E-state index contributed by atoms with van der Waals surface area (Å²) in [6.07, 6.45) is -2.17. The molecule has 2 atom stereocenters. The normalized spacial score (nSPS) is 20.0. The second-order valence-electron chi connectivity index (χ2n) is 11.8. The van der Waals surface area contributed by atoms with Crippen LogP contribution in [0.25, 0.3) is 0 Å². The molecule has 1 aromatic heterocycles. The van der Waals surface area contributed by atoms with Crippen molar-refractivity contribution >= 4 is 23.5 Å². The van der Waals surface area contributed by atoms with Crippen molar-refractivity contribution in [1.82, 2.24) is 20.0 Å². The van der Waals surface area contributed by atoms with Gasteiger partial charge in [0.05, 0.1) is 17.7 Å². The Balaban J connectivity index is 1.53. The van der Waals surface area contributed by atoms with E-state index in [4.69, 9.17) is 9.84 Å². The number of benzene rings is 2. The fourth-order valence-corrected chi connectivity index (χ4v) is 6.42. The number of amides is 3. The first-order valence-electron chi connectivity index (χ1n) is 15.5. The minimum Gasteiger partial charge on any atom is -0.381 e. The third kappa shape index (κ3) is 6.19. The van der Waals surface area contributed by atoms with Gasteiger partial charge in [-0.25, -0.2) is 9.07 Å². The van der Waals surface area contributed by atoms with Gasteiger partial charge in [-0.15, -0.1) is 0 Å². The number of nitrogens with one attached hydrogen (secondary N) is 1. The summed E-state index contributed by atoms with van der Waals surface area (Å²) < 4.78 is 61.9. The number of halogens is 4.